The summed E-state index contributed by atoms with van der Waals surface area (Å²) in [6, 6.07) is 6.38. The van der Waals surface area contributed by atoms with Crippen LogP contribution < -0.4 is 4.90 Å². The first-order valence-electron chi connectivity index (χ1n) is 7.71. The van der Waals surface area contributed by atoms with Crippen molar-refractivity contribution >= 4 is 11.4 Å². The molecule has 2 heterocycles. The Morgan fingerprint density at radius 2 is 2.21 bits per heavy atom. The van der Waals surface area contributed by atoms with E-state index < -0.39 is 11.0 Å². The Morgan fingerprint density at radius 1 is 1.46 bits per heavy atom. The average Bonchev–Trinajstić information content (AvgIpc) is 3.15. The number of nitrogens with one attached hydrogen (secondary N) is 1. The highest BCUT2D eigenvalue weighted by atomic mass is 16.6. The molecule has 0 bridgehead atoms. The molecule has 0 aliphatic carbocycles. The number of hydrogen-bond donors (Lipinski definition) is 2. The molecule has 8 heteroatoms. The van der Waals surface area contributed by atoms with Crippen molar-refractivity contribution < 1.29 is 10.0 Å². The van der Waals surface area contributed by atoms with Gasteiger partial charge in [0.05, 0.1) is 16.2 Å². The number of benzene rings is 1. The summed E-state index contributed by atoms with van der Waals surface area (Å²) in [4.78, 5) is 19.4. The van der Waals surface area contributed by atoms with Crippen molar-refractivity contribution in [1.29, 1.82) is 5.26 Å². The van der Waals surface area contributed by atoms with Gasteiger partial charge < -0.3 is 15.0 Å². The van der Waals surface area contributed by atoms with Gasteiger partial charge in [-0.3, -0.25) is 10.1 Å². The van der Waals surface area contributed by atoms with Crippen molar-refractivity contribution in [2.24, 2.45) is 5.92 Å². The predicted octanol–water partition coefficient (Wildman–Crippen LogP) is 2.14. The number of aromatic amines is 1. The lowest BCUT2D eigenvalue weighted by Crippen LogP contribution is -2.36. The Morgan fingerprint density at radius 3 is 2.79 bits per heavy atom. The van der Waals surface area contributed by atoms with E-state index in [1.807, 2.05) is 11.0 Å². The fourth-order valence-electron chi connectivity index (χ4n) is 3.12. The minimum atomic E-state index is -0.630. The highest BCUT2D eigenvalue weighted by Gasteiger charge is 2.28. The van der Waals surface area contributed by atoms with Crippen LogP contribution >= 0.6 is 0 Å². The average molecular weight is 327 g/mol. The number of rotatable bonds is 4. The van der Waals surface area contributed by atoms with Gasteiger partial charge in [-0.15, -0.1) is 0 Å². The topological polar surface area (TPSA) is 119 Å². The highest BCUT2D eigenvalue weighted by molar-refractivity contribution is 5.63. The number of aromatic nitrogens is 2. The minimum absolute atomic E-state index is 0.0848. The first-order valence-corrected chi connectivity index (χ1v) is 7.71. The molecule has 124 valence electrons. The molecule has 1 aromatic carbocycles. The number of aliphatic hydroxyl groups excluding tert-OH is 1. The number of anilines is 1. The van der Waals surface area contributed by atoms with Crippen LogP contribution in [0.3, 0.4) is 0 Å². The maximum Gasteiger partial charge on any atom is 0.270 e. The Bertz CT molecular complexity index is 761. The molecule has 1 aliphatic heterocycles. The summed E-state index contributed by atoms with van der Waals surface area (Å²) >= 11 is 0. The van der Waals surface area contributed by atoms with Gasteiger partial charge in [-0.05, 0) is 24.8 Å². The van der Waals surface area contributed by atoms with Crippen molar-refractivity contribution in [3.05, 3.63) is 52.1 Å². The first-order chi connectivity index (χ1) is 11.6. The second-order valence-corrected chi connectivity index (χ2v) is 5.81. The largest absolute Gasteiger partial charge is 0.385 e. The van der Waals surface area contributed by atoms with Gasteiger partial charge in [0.15, 0.2) is 0 Å². The lowest BCUT2D eigenvalue weighted by molar-refractivity contribution is -0.384. The van der Waals surface area contributed by atoms with Gasteiger partial charge in [0.2, 0.25) is 0 Å². The third-order valence-corrected chi connectivity index (χ3v) is 4.44. The summed E-state index contributed by atoms with van der Waals surface area (Å²) in [5.74, 6) is 0.664. The van der Waals surface area contributed by atoms with E-state index in [1.54, 1.807) is 18.5 Å². The lowest BCUT2D eigenvalue weighted by atomic mass is 9.90. The Balaban J connectivity index is 1.71. The van der Waals surface area contributed by atoms with Crippen LogP contribution in [0.5, 0.6) is 0 Å². The molecule has 3 rings (SSSR count). The van der Waals surface area contributed by atoms with Crippen LogP contribution in [0.25, 0.3) is 0 Å². The van der Waals surface area contributed by atoms with E-state index in [0.29, 0.717) is 30.2 Å². The quantitative estimate of drug-likeness (QED) is 0.656. The number of nitro groups is 1. The lowest BCUT2D eigenvalue weighted by Gasteiger charge is -2.35. The van der Waals surface area contributed by atoms with Gasteiger partial charge in [-0.25, -0.2) is 4.98 Å². The third kappa shape index (κ3) is 3.07. The molecule has 1 aromatic heterocycles. The Kier molecular flexibility index (Phi) is 4.44. The van der Waals surface area contributed by atoms with Crippen molar-refractivity contribution in [3.63, 3.8) is 0 Å². The fraction of sp³-hybridized carbons (Fsp3) is 0.375. The monoisotopic (exact) mass is 327 g/mol. The number of nitro benzene ring substituents is 1. The standard InChI is InChI=1S/C16H17N5O3/c17-10-12-9-13(21(23)24)1-2-14(12)20-7-3-11(4-8-20)15(22)16-18-5-6-19-16/h1-2,5-6,9,11,15,22H,3-4,7-8H2,(H,18,19). The number of aliphatic hydroxyl groups is 1. The SMILES string of the molecule is N#Cc1cc([N+](=O)[O-])ccc1N1CCC(C(O)c2ncc[nH]2)CC1. The van der Waals surface area contributed by atoms with E-state index >= 15 is 0 Å². The van der Waals surface area contributed by atoms with Crippen LogP contribution in [0.1, 0.15) is 30.3 Å². The van der Waals surface area contributed by atoms with Gasteiger partial charge >= 0.3 is 0 Å². The molecule has 1 aliphatic rings. The van der Waals surface area contributed by atoms with Crippen molar-refractivity contribution in [3.8, 4) is 6.07 Å². The summed E-state index contributed by atoms with van der Waals surface area (Å²) in [5.41, 5.74) is 0.918. The van der Waals surface area contributed by atoms with Crippen LogP contribution in [0.4, 0.5) is 11.4 Å². The Hall–Kier alpha value is -2.92. The number of H-pyrrole nitrogens is 1. The van der Waals surface area contributed by atoms with Gasteiger partial charge in [0.25, 0.3) is 5.69 Å². The molecule has 1 fully saturated rings. The maximum atomic E-state index is 10.8. The van der Waals surface area contributed by atoms with E-state index in [9.17, 15) is 20.5 Å². The zero-order valence-corrected chi connectivity index (χ0v) is 12.9. The number of imidazole rings is 1. The molecule has 1 atom stereocenters. The van der Waals surface area contributed by atoms with Crippen molar-refractivity contribution in [2.45, 2.75) is 18.9 Å². The zero-order chi connectivity index (χ0) is 17.1. The number of nitriles is 1. The maximum absolute atomic E-state index is 10.8. The van der Waals surface area contributed by atoms with Crippen LogP contribution in [0.2, 0.25) is 0 Å². The van der Waals surface area contributed by atoms with Crippen LogP contribution in [0.15, 0.2) is 30.6 Å². The second-order valence-electron chi connectivity index (χ2n) is 5.81. The molecule has 0 saturated carbocycles. The van der Waals surface area contributed by atoms with E-state index in [0.717, 1.165) is 12.8 Å². The van der Waals surface area contributed by atoms with E-state index in [-0.39, 0.29) is 11.6 Å². The molecule has 1 saturated heterocycles. The molecule has 0 amide bonds. The Labute approximate surface area is 138 Å². The van der Waals surface area contributed by atoms with Crippen LogP contribution in [-0.4, -0.2) is 33.1 Å². The van der Waals surface area contributed by atoms with Crippen molar-refractivity contribution in [1.82, 2.24) is 9.97 Å². The molecule has 8 nitrogen and oxygen atoms in total. The van der Waals surface area contributed by atoms with Gasteiger partial charge in [0, 0.05) is 37.6 Å². The van der Waals surface area contributed by atoms with E-state index in [1.165, 1.54) is 12.1 Å². The number of non-ortho nitro benzene ring substituents is 1. The number of hydrogen-bond acceptors (Lipinski definition) is 6. The fourth-order valence-corrected chi connectivity index (χ4v) is 3.12. The summed E-state index contributed by atoms with van der Waals surface area (Å²) < 4.78 is 0. The molecule has 2 aromatic rings. The van der Waals surface area contributed by atoms with Crippen LogP contribution in [0, 0.1) is 27.4 Å². The molecular formula is C16H17N5O3. The zero-order valence-electron chi connectivity index (χ0n) is 12.9. The van der Waals surface area contributed by atoms with Gasteiger partial charge in [-0.1, -0.05) is 0 Å². The van der Waals surface area contributed by atoms with Crippen LogP contribution in [-0.2, 0) is 0 Å². The van der Waals surface area contributed by atoms with Crippen molar-refractivity contribution in [2.75, 3.05) is 18.0 Å². The number of nitrogens with zero attached hydrogens (tertiary/aromatic N) is 4. The second kappa shape index (κ2) is 6.68. The molecule has 1 unspecified atom stereocenters. The summed E-state index contributed by atoms with van der Waals surface area (Å²) in [6.07, 6.45) is 4.18. The molecule has 0 radical (unpaired) electrons. The smallest absolute Gasteiger partial charge is 0.270 e. The molecular weight excluding hydrogens is 310 g/mol. The number of piperidine rings is 1. The minimum Gasteiger partial charge on any atom is -0.385 e. The van der Waals surface area contributed by atoms with Gasteiger partial charge in [0.1, 0.15) is 18.0 Å². The predicted molar refractivity (Wildman–Crippen MR) is 86.3 cm³/mol. The molecule has 2 N–H and O–H groups in total. The van der Waals surface area contributed by atoms with E-state index in [4.69, 9.17) is 0 Å². The summed E-state index contributed by atoms with van der Waals surface area (Å²) in [7, 11) is 0. The van der Waals surface area contributed by atoms with E-state index in [2.05, 4.69) is 9.97 Å². The molecule has 0 spiro atoms. The normalized spacial score (nSPS) is 16.6. The highest BCUT2D eigenvalue weighted by Crippen LogP contribution is 2.33. The third-order valence-electron chi connectivity index (χ3n) is 4.44. The molecule has 24 heavy (non-hydrogen) atoms. The summed E-state index contributed by atoms with van der Waals surface area (Å²) in [5, 5.41) is 30.5. The first kappa shape index (κ1) is 16.0. The summed E-state index contributed by atoms with van der Waals surface area (Å²) in [6.45, 7) is 1.35. The van der Waals surface area contributed by atoms with Gasteiger partial charge in [-0.2, -0.15) is 5.26 Å².